The summed E-state index contributed by atoms with van der Waals surface area (Å²) in [6.45, 7) is 0. The number of hydrogen-bond donors (Lipinski definition) is 1. The maximum Gasteiger partial charge on any atom is 0.433 e. The van der Waals surface area contributed by atoms with Crippen molar-refractivity contribution < 1.29 is 19.2 Å². The predicted molar refractivity (Wildman–Crippen MR) is 84.8 cm³/mol. The van der Waals surface area contributed by atoms with Crippen molar-refractivity contribution in [1.29, 1.82) is 0 Å². The van der Waals surface area contributed by atoms with Crippen LogP contribution in [0.25, 0.3) is 22.4 Å². The fourth-order valence-electron chi connectivity index (χ4n) is 2.38. The van der Waals surface area contributed by atoms with Crippen LogP contribution in [-0.2, 0) is 4.79 Å². The minimum absolute atomic E-state index is 0.00560. The van der Waals surface area contributed by atoms with Gasteiger partial charge >= 0.3 is 11.9 Å². The van der Waals surface area contributed by atoms with E-state index in [2.05, 4.69) is 0 Å². The lowest BCUT2D eigenvalue weighted by molar-refractivity contribution is -0.402. The maximum absolute atomic E-state index is 11.6. The molecule has 0 saturated carbocycles. The van der Waals surface area contributed by atoms with E-state index < -0.39 is 16.8 Å². The molecule has 0 unspecified atom stereocenters. The van der Waals surface area contributed by atoms with Gasteiger partial charge in [0.05, 0.1) is 11.6 Å². The zero-order chi connectivity index (χ0) is 16.4. The molecule has 0 spiro atoms. The highest BCUT2D eigenvalue weighted by Crippen LogP contribution is 2.28. The number of carbonyl (C=O) groups is 1. The maximum atomic E-state index is 11.6. The van der Waals surface area contributed by atoms with Gasteiger partial charge in [-0.3, -0.25) is 10.1 Å². The minimum atomic E-state index is -1.14. The number of hydrogen-bond acceptors (Lipinski definition) is 4. The number of rotatable bonds is 4. The van der Waals surface area contributed by atoms with E-state index >= 15 is 0 Å². The van der Waals surface area contributed by atoms with Gasteiger partial charge in [0.15, 0.2) is 0 Å². The van der Waals surface area contributed by atoms with Crippen LogP contribution in [0.3, 0.4) is 0 Å². The Bertz CT molecular complexity index is 934. The Kier molecular flexibility index (Phi) is 3.64. The standard InChI is InChI=1S/C17H11NO5/c19-17(20)15(10-12-8-9-16(23-12)18(21)22)14-7-3-5-11-4-1-2-6-13(11)14/h1-10H,(H,19,20)/b15-10-. The molecule has 0 bridgehead atoms. The number of fused-ring (bicyclic) bond motifs is 1. The van der Waals surface area contributed by atoms with E-state index in [1.807, 2.05) is 30.3 Å². The van der Waals surface area contributed by atoms with Gasteiger partial charge in [0.1, 0.15) is 10.7 Å². The Morgan fingerprint density at radius 3 is 2.52 bits per heavy atom. The molecule has 3 rings (SSSR count). The van der Waals surface area contributed by atoms with Gasteiger partial charge in [-0.1, -0.05) is 42.5 Å². The van der Waals surface area contributed by atoms with Crippen molar-refractivity contribution in [3.8, 4) is 0 Å². The lowest BCUT2D eigenvalue weighted by Gasteiger charge is -2.07. The number of nitro groups is 1. The second-order valence-corrected chi connectivity index (χ2v) is 4.82. The van der Waals surface area contributed by atoms with Crippen LogP contribution in [0.2, 0.25) is 0 Å². The number of aliphatic carboxylic acids is 1. The van der Waals surface area contributed by atoms with Crippen molar-refractivity contribution in [2.24, 2.45) is 0 Å². The molecule has 2 aromatic carbocycles. The van der Waals surface area contributed by atoms with Gasteiger partial charge in [0.25, 0.3) is 0 Å². The third-order valence-electron chi connectivity index (χ3n) is 3.39. The van der Waals surface area contributed by atoms with Gasteiger partial charge < -0.3 is 9.52 Å². The molecule has 6 nitrogen and oxygen atoms in total. The minimum Gasteiger partial charge on any atom is -0.478 e. The Labute approximate surface area is 130 Å². The Hall–Kier alpha value is -3.41. The van der Waals surface area contributed by atoms with Crippen molar-refractivity contribution >= 4 is 34.3 Å². The van der Waals surface area contributed by atoms with Crippen molar-refractivity contribution in [2.45, 2.75) is 0 Å². The van der Waals surface area contributed by atoms with Crippen LogP contribution in [-0.4, -0.2) is 16.0 Å². The summed E-state index contributed by atoms with van der Waals surface area (Å²) in [4.78, 5) is 21.6. The average Bonchev–Trinajstić information content (AvgIpc) is 3.01. The lowest BCUT2D eigenvalue weighted by atomic mass is 9.97. The molecule has 6 heteroatoms. The molecule has 0 aliphatic rings. The van der Waals surface area contributed by atoms with Crippen molar-refractivity contribution in [2.75, 3.05) is 0 Å². The summed E-state index contributed by atoms with van der Waals surface area (Å²) >= 11 is 0. The highest BCUT2D eigenvalue weighted by molar-refractivity contribution is 6.23. The summed E-state index contributed by atoms with van der Waals surface area (Å²) < 4.78 is 5.02. The third-order valence-corrected chi connectivity index (χ3v) is 3.39. The molecule has 0 atom stereocenters. The Balaban J connectivity index is 2.16. The van der Waals surface area contributed by atoms with E-state index in [4.69, 9.17) is 4.42 Å². The highest BCUT2D eigenvalue weighted by atomic mass is 16.6. The summed E-state index contributed by atoms with van der Waals surface area (Å²) in [6, 6.07) is 15.3. The monoisotopic (exact) mass is 309 g/mol. The van der Waals surface area contributed by atoms with Crippen LogP contribution in [0.4, 0.5) is 5.88 Å². The van der Waals surface area contributed by atoms with Crippen LogP contribution in [0.15, 0.2) is 59.0 Å². The van der Waals surface area contributed by atoms with Crippen LogP contribution in [0.5, 0.6) is 0 Å². The van der Waals surface area contributed by atoms with E-state index in [0.717, 1.165) is 10.8 Å². The van der Waals surface area contributed by atoms with Crippen molar-refractivity contribution in [3.63, 3.8) is 0 Å². The summed E-state index contributed by atoms with van der Waals surface area (Å²) in [5.74, 6) is -1.46. The fraction of sp³-hybridized carbons (Fsp3) is 0. The second-order valence-electron chi connectivity index (χ2n) is 4.82. The fourth-order valence-corrected chi connectivity index (χ4v) is 2.38. The summed E-state index contributed by atoms with van der Waals surface area (Å²) in [6.07, 6.45) is 1.29. The van der Waals surface area contributed by atoms with Gasteiger partial charge in [-0.05, 0) is 28.5 Å². The molecule has 0 aliphatic carbocycles. The van der Waals surface area contributed by atoms with E-state index in [0.29, 0.717) is 5.56 Å². The topological polar surface area (TPSA) is 93.6 Å². The summed E-state index contributed by atoms with van der Waals surface area (Å²) in [5, 5.41) is 21.9. The Morgan fingerprint density at radius 2 is 1.83 bits per heavy atom. The van der Waals surface area contributed by atoms with E-state index in [-0.39, 0.29) is 11.3 Å². The largest absolute Gasteiger partial charge is 0.478 e. The molecule has 0 amide bonds. The molecule has 0 aliphatic heterocycles. The predicted octanol–water partition coefficient (Wildman–Crippen LogP) is 3.97. The molecule has 1 N–H and O–H groups in total. The highest BCUT2D eigenvalue weighted by Gasteiger charge is 2.16. The van der Waals surface area contributed by atoms with E-state index in [1.165, 1.54) is 18.2 Å². The smallest absolute Gasteiger partial charge is 0.433 e. The van der Waals surface area contributed by atoms with Crippen LogP contribution < -0.4 is 0 Å². The summed E-state index contributed by atoms with van der Waals surface area (Å²) in [7, 11) is 0. The van der Waals surface area contributed by atoms with Crippen LogP contribution in [0.1, 0.15) is 11.3 Å². The molecule has 1 heterocycles. The SMILES string of the molecule is O=C(O)/C(=C\c1ccc([N+](=O)[O-])o1)c1cccc2ccccc12. The molecule has 23 heavy (non-hydrogen) atoms. The average molecular weight is 309 g/mol. The molecular weight excluding hydrogens is 298 g/mol. The molecule has 0 radical (unpaired) electrons. The molecule has 1 aromatic heterocycles. The zero-order valence-electron chi connectivity index (χ0n) is 11.8. The number of furan rings is 1. The van der Waals surface area contributed by atoms with Crippen molar-refractivity contribution in [1.82, 2.24) is 0 Å². The van der Waals surface area contributed by atoms with E-state index in [9.17, 15) is 20.0 Å². The number of benzene rings is 2. The number of nitrogens with zero attached hydrogens (tertiary/aromatic N) is 1. The van der Waals surface area contributed by atoms with Gasteiger partial charge in [-0.25, -0.2) is 4.79 Å². The van der Waals surface area contributed by atoms with Crippen molar-refractivity contribution in [3.05, 3.63) is 76.0 Å². The van der Waals surface area contributed by atoms with Crippen LogP contribution in [0, 0.1) is 10.1 Å². The first-order valence-corrected chi connectivity index (χ1v) is 6.73. The Morgan fingerprint density at radius 1 is 1.09 bits per heavy atom. The summed E-state index contributed by atoms with van der Waals surface area (Å²) in [5.41, 5.74) is 0.528. The quantitative estimate of drug-likeness (QED) is 0.447. The van der Waals surface area contributed by atoms with Gasteiger partial charge in [0.2, 0.25) is 0 Å². The first-order valence-electron chi connectivity index (χ1n) is 6.73. The lowest BCUT2D eigenvalue weighted by Crippen LogP contribution is -2.00. The van der Waals surface area contributed by atoms with Gasteiger partial charge in [0, 0.05) is 0 Å². The molecular formula is C17H11NO5. The zero-order valence-corrected chi connectivity index (χ0v) is 11.8. The molecule has 114 valence electrons. The number of carboxylic acid groups (broad SMARTS) is 1. The van der Waals surface area contributed by atoms with Gasteiger partial charge in [-0.15, -0.1) is 0 Å². The normalized spacial score (nSPS) is 11.6. The van der Waals surface area contributed by atoms with Gasteiger partial charge in [-0.2, -0.15) is 0 Å². The van der Waals surface area contributed by atoms with Crippen LogP contribution >= 0.6 is 0 Å². The molecule has 0 saturated heterocycles. The van der Waals surface area contributed by atoms with E-state index in [1.54, 1.807) is 12.1 Å². The second kappa shape index (κ2) is 5.76. The first kappa shape index (κ1) is 14.5. The molecule has 0 fully saturated rings. The first-order chi connectivity index (χ1) is 11.1. The molecule has 3 aromatic rings. The number of carboxylic acids is 1. The third kappa shape index (κ3) is 2.82.